The number of likely N-dealkylation sites (tertiary alicyclic amines) is 1. The Morgan fingerprint density at radius 1 is 1.44 bits per heavy atom. The summed E-state index contributed by atoms with van der Waals surface area (Å²) in [6.45, 7) is 0.619. The Morgan fingerprint density at radius 3 is 2.83 bits per heavy atom. The van der Waals surface area contributed by atoms with E-state index < -0.39 is 6.04 Å². The number of halogens is 1. The average Bonchev–Trinajstić information content (AvgIpc) is 2.83. The van der Waals surface area contributed by atoms with Crippen molar-refractivity contribution in [3.8, 4) is 0 Å². The maximum atomic E-state index is 12.4. The van der Waals surface area contributed by atoms with E-state index in [-0.39, 0.29) is 11.9 Å². The summed E-state index contributed by atoms with van der Waals surface area (Å²) in [6, 6.07) is 3.19. The van der Waals surface area contributed by atoms with Crippen molar-refractivity contribution in [3.05, 3.63) is 20.8 Å². The Kier molecular flexibility index (Phi) is 4.40. The number of hydrogen-bond donors (Lipinski definition) is 0. The number of methoxy groups -OCH3 is 1. The average molecular weight is 332 g/mol. The van der Waals surface area contributed by atoms with Crippen LogP contribution in [0.5, 0.6) is 0 Å². The van der Waals surface area contributed by atoms with Gasteiger partial charge in [0.05, 0.1) is 15.8 Å². The maximum absolute atomic E-state index is 12.4. The number of ether oxygens (including phenoxy) is 1. The molecule has 0 bridgehead atoms. The fraction of sp³-hybridized carbons (Fsp3) is 0.500. The van der Waals surface area contributed by atoms with E-state index in [0.29, 0.717) is 17.8 Å². The lowest BCUT2D eigenvalue weighted by Crippen LogP contribution is -2.48. The summed E-state index contributed by atoms with van der Waals surface area (Å²) >= 11 is 4.72. The van der Waals surface area contributed by atoms with Crippen LogP contribution in [0, 0.1) is 0 Å². The van der Waals surface area contributed by atoms with Crippen LogP contribution in [0.1, 0.15) is 28.9 Å². The molecule has 0 aliphatic carbocycles. The minimum Gasteiger partial charge on any atom is -0.467 e. The summed E-state index contributed by atoms with van der Waals surface area (Å²) in [6.07, 6.45) is 2.58. The zero-order chi connectivity index (χ0) is 13.1. The molecular weight excluding hydrogens is 318 g/mol. The van der Waals surface area contributed by atoms with Gasteiger partial charge in [0.25, 0.3) is 5.91 Å². The van der Waals surface area contributed by atoms with Gasteiger partial charge in [0.1, 0.15) is 6.04 Å². The number of carbonyl (C=O) groups is 2. The van der Waals surface area contributed by atoms with Gasteiger partial charge in [-0.25, -0.2) is 4.79 Å². The highest BCUT2D eigenvalue weighted by atomic mass is 79.9. The molecule has 0 radical (unpaired) electrons. The summed E-state index contributed by atoms with van der Waals surface area (Å²) < 4.78 is 5.69. The number of carbonyl (C=O) groups excluding carboxylic acids is 2. The third-order valence-corrected chi connectivity index (χ3v) is 4.63. The van der Waals surface area contributed by atoms with E-state index in [2.05, 4.69) is 15.9 Å². The summed E-state index contributed by atoms with van der Waals surface area (Å²) in [5, 5.41) is 0. The van der Waals surface area contributed by atoms with Gasteiger partial charge < -0.3 is 9.64 Å². The van der Waals surface area contributed by atoms with E-state index >= 15 is 0 Å². The van der Waals surface area contributed by atoms with Crippen LogP contribution in [0.15, 0.2) is 15.9 Å². The van der Waals surface area contributed by atoms with Crippen molar-refractivity contribution in [2.45, 2.75) is 25.3 Å². The predicted octanol–water partition coefficient (Wildman–Crippen LogP) is 2.68. The van der Waals surface area contributed by atoms with Crippen LogP contribution in [-0.2, 0) is 9.53 Å². The smallest absolute Gasteiger partial charge is 0.328 e. The minimum absolute atomic E-state index is 0.0826. The molecule has 0 spiro atoms. The first-order chi connectivity index (χ1) is 8.63. The van der Waals surface area contributed by atoms with E-state index in [4.69, 9.17) is 4.74 Å². The molecule has 0 saturated carbocycles. The highest BCUT2D eigenvalue weighted by Gasteiger charge is 2.33. The highest BCUT2D eigenvalue weighted by Crippen LogP contribution is 2.26. The first-order valence-electron chi connectivity index (χ1n) is 5.77. The molecule has 18 heavy (non-hydrogen) atoms. The van der Waals surface area contributed by atoms with E-state index in [1.165, 1.54) is 18.4 Å². The molecule has 0 N–H and O–H groups in total. The van der Waals surface area contributed by atoms with Crippen molar-refractivity contribution in [2.24, 2.45) is 0 Å². The number of thiophene rings is 1. The molecule has 1 aliphatic heterocycles. The van der Waals surface area contributed by atoms with Gasteiger partial charge in [0, 0.05) is 6.54 Å². The van der Waals surface area contributed by atoms with Gasteiger partial charge in [0.15, 0.2) is 0 Å². The molecule has 0 aromatic carbocycles. The lowest BCUT2D eigenvalue weighted by Gasteiger charge is -2.33. The van der Waals surface area contributed by atoms with Gasteiger partial charge in [-0.1, -0.05) is 0 Å². The van der Waals surface area contributed by atoms with Crippen LogP contribution in [0.3, 0.4) is 0 Å². The Hall–Kier alpha value is -0.880. The standard InChI is InChI=1S/C12H14BrNO3S/c1-17-12(16)8-4-2-3-7-14(8)11(15)9-5-6-10(13)18-9/h5-6,8H,2-4,7H2,1H3/t8-/m1/s1. The van der Waals surface area contributed by atoms with Crippen molar-refractivity contribution in [1.29, 1.82) is 0 Å². The van der Waals surface area contributed by atoms with Crippen LogP contribution >= 0.6 is 27.3 Å². The molecule has 1 amide bonds. The first kappa shape index (κ1) is 13.5. The lowest BCUT2D eigenvalue weighted by molar-refractivity contribution is -0.147. The van der Waals surface area contributed by atoms with E-state index in [9.17, 15) is 9.59 Å². The zero-order valence-electron chi connectivity index (χ0n) is 10.0. The second-order valence-electron chi connectivity index (χ2n) is 4.14. The fourth-order valence-corrected chi connectivity index (χ4v) is 3.47. The van der Waals surface area contributed by atoms with E-state index in [1.54, 1.807) is 11.0 Å². The van der Waals surface area contributed by atoms with Crippen LogP contribution in [0.25, 0.3) is 0 Å². The zero-order valence-corrected chi connectivity index (χ0v) is 12.4. The van der Waals surface area contributed by atoms with Crippen molar-refractivity contribution in [3.63, 3.8) is 0 Å². The molecule has 1 aromatic rings. The number of nitrogens with zero attached hydrogens (tertiary/aromatic N) is 1. The molecule has 0 unspecified atom stereocenters. The van der Waals surface area contributed by atoms with Crippen molar-refractivity contribution in [1.82, 2.24) is 4.90 Å². The monoisotopic (exact) mass is 331 g/mol. The molecule has 1 atom stereocenters. The Bertz CT molecular complexity index is 460. The third-order valence-electron chi connectivity index (χ3n) is 3.02. The van der Waals surface area contributed by atoms with Crippen molar-refractivity contribution in [2.75, 3.05) is 13.7 Å². The van der Waals surface area contributed by atoms with Gasteiger partial charge in [-0.15, -0.1) is 11.3 Å². The van der Waals surface area contributed by atoms with Gasteiger partial charge in [-0.3, -0.25) is 4.79 Å². The van der Waals surface area contributed by atoms with Gasteiger partial charge in [-0.2, -0.15) is 0 Å². The Labute approximate surface area is 118 Å². The Balaban J connectivity index is 2.18. The molecule has 6 heteroatoms. The number of hydrogen-bond acceptors (Lipinski definition) is 4. The van der Waals surface area contributed by atoms with Gasteiger partial charge >= 0.3 is 5.97 Å². The SMILES string of the molecule is COC(=O)[C@H]1CCCCN1C(=O)c1ccc(Br)s1. The second kappa shape index (κ2) is 5.84. The summed E-state index contributed by atoms with van der Waals surface area (Å²) in [5.74, 6) is -0.403. The number of amides is 1. The van der Waals surface area contributed by atoms with Crippen molar-refractivity contribution >= 4 is 39.1 Å². The molecule has 1 aliphatic rings. The molecule has 1 fully saturated rings. The summed E-state index contributed by atoms with van der Waals surface area (Å²) in [7, 11) is 1.36. The van der Waals surface area contributed by atoms with E-state index in [0.717, 1.165) is 16.6 Å². The Morgan fingerprint density at radius 2 is 2.22 bits per heavy atom. The maximum Gasteiger partial charge on any atom is 0.328 e. The van der Waals surface area contributed by atoms with Gasteiger partial charge in [0.2, 0.25) is 0 Å². The quantitative estimate of drug-likeness (QED) is 0.783. The lowest BCUT2D eigenvalue weighted by atomic mass is 10.0. The minimum atomic E-state index is -0.433. The van der Waals surface area contributed by atoms with Crippen LogP contribution in [-0.4, -0.2) is 36.5 Å². The molecule has 2 rings (SSSR count). The number of rotatable bonds is 2. The summed E-state index contributed by atoms with van der Waals surface area (Å²) in [5.41, 5.74) is 0. The largest absolute Gasteiger partial charge is 0.467 e. The number of piperidine rings is 1. The number of esters is 1. The first-order valence-corrected chi connectivity index (χ1v) is 7.38. The normalized spacial score (nSPS) is 19.7. The molecule has 2 heterocycles. The van der Waals surface area contributed by atoms with Gasteiger partial charge in [-0.05, 0) is 47.3 Å². The predicted molar refractivity (Wildman–Crippen MR) is 72.7 cm³/mol. The molecule has 1 aromatic heterocycles. The highest BCUT2D eigenvalue weighted by molar-refractivity contribution is 9.11. The summed E-state index contributed by atoms with van der Waals surface area (Å²) in [4.78, 5) is 26.3. The molecule has 4 nitrogen and oxygen atoms in total. The van der Waals surface area contributed by atoms with Crippen molar-refractivity contribution < 1.29 is 14.3 Å². The third kappa shape index (κ3) is 2.75. The molecular formula is C12H14BrNO3S. The fourth-order valence-electron chi connectivity index (χ4n) is 2.13. The van der Waals surface area contributed by atoms with Crippen LogP contribution in [0.2, 0.25) is 0 Å². The van der Waals surface area contributed by atoms with Crippen LogP contribution in [0.4, 0.5) is 0 Å². The molecule has 98 valence electrons. The topological polar surface area (TPSA) is 46.6 Å². The molecule has 1 saturated heterocycles. The second-order valence-corrected chi connectivity index (χ2v) is 6.60. The van der Waals surface area contributed by atoms with E-state index in [1.807, 2.05) is 6.07 Å². The van der Waals surface area contributed by atoms with Crippen LogP contribution < -0.4 is 0 Å².